The van der Waals surface area contributed by atoms with Gasteiger partial charge in [-0.2, -0.15) is 4.39 Å². The number of esters is 1. The highest BCUT2D eigenvalue weighted by Gasteiger charge is 2.28. The number of hydrogen-bond donors (Lipinski definition) is 1. The summed E-state index contributed by atoms with van der Waals surface area (Å²) < 4.78 is 17.7. The van der Waals surface area contributed by atoms with Crippen LogP contribution in [0.4, 0.5) is 4.39 Å². The lowest BCUT2D eigenvalue weighted by molar-refractivity contribution is -0.149. The normalized spacial score (nSPS) is 21.6. The van der Waals surface area contributed by atoms with Crippen LogP contribution < -0.4 is 5.32 Å². The molecule has 1 heterocycles. The van der Waals surface area contributed by atoms with E-state index >= 15 is 0 Å². The topological polar surface area (TPSA) is 68.3 Å². The van der Waals surface area contributed by atoms with Gasteiger partial charge in [-0.3, -0.25) is 9.59 Å². The van der Waals surface area contributed by atoms with Crippen molar-refractivity contribution in [1.82, 2.24) is 10.3 Å². The maximum Gasteiger partial charge on any atom is 0.308 e. The van der Waals surface area contributed by atoms with Gasteiger partial charge in [-0.05, 0) is 44.7 Å². The van der Waals surface area contributed by atoms with Crippen LogP contribution in [0.3, 0.4) is 0 Å². The molecule has 1 aromatic rings. The molecule has 0 aliphatic heterocycles. The maximum absolute atomic E-state index is 12.7. The van der Waals surface area contributed by atoms with E-state index in [9.17, 15) is 14.0 Å². The summed E-state index contributed by atoms with van der Waals surface area (Å²) in [5, 5.41) is 2.89. The van der Waals surface area contributed by atoms with Gasteiger partial charge < -0.3 is 10.1 Å². The molecule has 6 heteroatoms. The molecule has 1 aromatic heterocycles. The molecule has 1 aliphatic carbocycles. The molecular formula is C15H19FN2O3. The lowest BCUT2D eigenvalue weighted by atomic mass is 9.86. The van der Waals surface area contributed by atoms with E-state index in [1.807, 2.05) is 0 Å². The first kappa shape index (κ1) is 15.4. The predicted molar refractivity (Wildman–Crippen MR) is 74.0 cm³/mol. The number of nitrogens with one attached hydrogen (secondary N) is 1. The molecule has 1 saturated carbocycles. The third kappa shape index (κ3) is 4.24. The number of carbonyl (C=O) groups is 2. The highest BCUT2D eigenvalue weighted by Crippen LogP contribution is 2.25. The fourth-order valence-corrected chi connectivity index (χ4v) is 2.51. The average molecular weight is 294 g/mol. The minimum Gasteiger partial charge on any atom is -0.466 e. The van der Waals surface area contributed by atoms with Crippen molar-refractivity contribution in [2.75, 3.05) is 6.61 Å². The molecule has 0 radical (unpaired) electrons. The number of ether oxygens (including phenoxy) is 1. The summed E-state index contributed by atoms with van der Waals surface area (Å²) in [5.41, 5.74) is 0.337. The quantitative estimate of drug-likeness (QED) is 0.682. The molecule has 1 aliphatic rings. The van der Waals surface area contributed by atoms with E-state index in [0.29, 0.717) is 25.0 Å². The minimum absolute atomic E-state index is 0.0354. The minimum atomic E-state index is -0.610. The van der Waals surface area contributed by atoms with E-state index in [-0.39, 0.29) is 23.8 Å². The number of hydrogen-bond acceptors (Lipinski definition) is 4. The Labute approximate surface area is 122 Å². The first-order chi connectivity index (χ1) is 10.1. The van der Waals surface area contributed by atoms with Gasteiger partial charge in [0.25, 0.3) is 5.91 Å². The highest BCUT2D eigenvalue weighted by molar-refractivity contribution is 5.94. The van der Waals surface area contributed by atoms with Gasteiger partial charge in [0.15, 0.2) is 0 Å². The van der Waals surface area contributed by atoms with Gasteiger partial charge in [-0.25, -0.2) is 4.98 Å². The number of rotatable bonds is 4. The zero-order valence-electron chi connectivity index (χ0n) is 12.0. The first-order valence-electron chi connectivity index (χ1n) is 7.19. The van der Waals surface area contributed by atoms with Crippen molar-refractivity contribution in [3.8, 4) is 0 Å². The van der Waals surface area contributed by atoms with Crippen LogP contribution >= 0.6 is 0 Å². The molecule has 1 fully saturated rings. The van der Waals surface area contributed by atoms with Crippen LogP contribution in [-0.4, -0.2) is 29.5 Å². The van der Waals surface area contributed by atoms with Gasteiger partial charge in [0.05, 0.1) is 18.1 Å². The summed E-state index contributed by atoms with van der Waals surface area (Å²) in [6, 6.07) is 2.60. The third-order valence-corrected chi connectivity index (χ3v) is 3.67. The fraction of sp³-hybridized carbons (Fsp3) is 0.533. The highest BCUT2D eigenvalue weighted by atomic mass is 19.1. The predicted octanol–water partition coefficient (Wildman–Crippen LogP) is 2.07. The molecule has 1 N–H and O–H groups in total. The number of carbonyl (C=O) groups excluding carboxylic acids is 2. The van der Waals surface area contributed by atoms with E-state index in [4.69, 9.17) is 4.74 Å². The Morgan fingerprint density at radius 2 is 2.05 bits per heavy atom. The van der Waals surface area contributed by atoms with Crippen LogP contribution in [0.25, 0.3) is 0 Å². The number of aromatic nitrogens is 1. The lowest BCUT2D eigenvalue weighted by Crippen LogP contribution is -2.39. The van der Waals surface area contributed by atoms with Crippen LogP contribution in [0.5, 0.6) is 0 Å². The number of halogens is 1. The standard InChI is InChI=1S/C15H19FN2O3/c1-2-21-15(20)10-3-6-12(7-4-10)18-14(19)11-5-8-13(16)17-9-11/h5,8-10,12H,2-4,6-7H2,1H3,(H,18,19). The van der Waals surface area contributed by atoms with E-state index in [2.05, 4.69) is 10.3 Å². The largest absolute Gasteiger partial charge is 0.466 e. The Balaban J connectivity index is 1.82. The van der Waals surface area contributed by atoms with Crippen molar-refractivity contribution in [3.05, 3.63) is 29.8 Å². The van der Waals surface area contributed by atoms with Gasteiger partial charge in [-0.1, -0.05) is 0 Å². The molecular weight excluding hydrogens is 275 g/mol. The second kappa shape index (κ2) is 7.15. The Kier molecular flexibility index (Phi) is 5.25. The molecule has 2 rings (SSSR count). The monoisotopic (exact) mass is 294 g/mol. The van der Waals surface area contributed by atoms with Crippen molar-refractivity contribution in [3.63, 3.8) is 0 Å². The van der Waals surface area contributed by atoms with Gasteiger partial charge in [-0.15, -0.1) is 0 Å². The van der Waals surface area contributed by atoms with Gasteiger partial charge in [0.1, 0.15) is 0 Å². The molecule has 0 bridgehead atoms. The van der Waals surface area contributed by atoms with E-state index in [1.165, 1.54) is 12.3 Å². The van der Waals surface area contributed by atoms with Gasteiger partial charge >= 0.3 is 5.97 Å². The number of amides is 1. The average Bonchev–Trinajstić information content (AvgIpc) is 2.49. The van der Waals surface area contributed by atoms with E-state index < -0.39 is 5.95 Å². The third-order valence-electron chi connectivity index (χ3n) is 3.67. The van der Waals surface area contributed by atoms with Crippen LogP contribution in [0.2, 0.25) is 0 Å². The zero-order valence-corrected chi connectivity index (χ0v) is 12.0. The molecule has 0 atom stereocenters. The Morgan fingerprint density at radius 3 is 2.62 bits per heavy atom. The maximum atomic E-state index is 12.7. The molecule has 0 saturated heterocycles. The van der Waals surface area contributed by atoms with Crippen molar-refractivity contribution in [2.45, 2.75) is 38.6 Å². The molecule has 0 unspecified atom stereocenters. The van der Waals surface area contributed by atoms with Crippen LogP contribution in [-0.2, 0) is 9.53 Å². The zero-order chi connectivity index (χ0) is 15.2. The van der Waals surface area contributed by atoms with E-state index in [0.717, 1.165) is 18.9 Å². The second-order valence-corrected chi connectivity index (χ2v) is 5.14. The van der Waals surface area contributed by atoms with Crippen LogP contribution in [0.1, 0.15) is 43.0 Å². The van der Waals surface area contributed by atoms with Crippen molar-refractivity contribution < 1.29 is 18.7 Å². The summed E-state index contributed by atoms with van der Waals surface area (Å²) in [4.78, 5) is 27.1. The fourth-order valence-electron chi connectivity index (χ4n) is 2.51. The lowest BCUT2D eigenvalue weighted by Gasteiger charge is -2.27. The summed E-state index contributed by atoms with van der Waals surface area (Å²) in [6.07, 6.45) is 4.12. The van der Waals surface area contributed by atoms with Crippen LogP contribution in [0, 0.1) is 11.9 Å². The van der Waals surface area contributed by atoms with Gasteiger partial charge in [0, 0.05) is 12.2 Å². The summed E-state index contributed by atoms with van der Waals surface area (Å²) >= 11 is 0. The van der Waals surface area contributed by atoms with Crippen molar-refractivity contribution in [2.24, 2.45) is 5.92 Å². The van der Waals surface area contributed by atoms with Gasteiger partial charge in [0.2, 0.25) is 5.95 Å². The molecule has 1 amide bonds. The molecule has 0 aromatic carbocycles. The summed E-state index contributed by atoms with van der Waals surface area (Å²) in [7, 11) is 0. The smallest absolute Gasteiger partial charge is 0.308 e. The molecule has 21 heavy (non-hydrogen) atoms. The summed E-state index contributed by atoms with van der Waals surface area (Å²) in [6.45, 7) is 2.19. The SMILES string of the molecule is CCOC(=O)C1CCC(NC(=O)c2ccc(F)nc2)CC1. The van der Waals surface area contributed by atoms with E-state index in [1.54, 1.807) is 6.92 Å². The summed E-state index contributed by atoms with van der Waals surface area (Å²) in [5.74, 6) is -1.08. The Hall–Kier alpha value is -1.98. The molecule has 0 spiro atoms. The molecule has 114 valence electrons. The van der Waals surface area contributed by atoms with Crippen molar-refractivity contribution >= 4 is 11.9 Å². The molecule has 5 nitrogen and oxygen atoms in total. The van der Waals surface area contributed by atoms with Crippen LogP contribution in [0.15, 0.2) is 18.3 Å². The Bertz CT molecular complexity index is 496. The second-order valence-electron chi connectivity index (χ2n) is 5.14. The first-order valence-corrected chi connectivity index (χ1v) is 7.19. The number of pyridine rings is 1. The Morgan fingerprint density at radius 1 is 1.33 bits per heavy atom. The number of nitrogens with zero attached hydrogens (tertiary/aromatic N) is 1. The van der Waals surface area contributed by atoms with Crippen molar-refractivity contribution in [1.29, 1.82) is 0 Å².